The van der Waals surface area contributed by atoms with Crippen molar-refractivity contribution in [2.45, 2.75) is 6.61 Å². The molecule has 2 atom stereocenters. The Morgan fingerprint density at radius 2 is 2.14 bits per heavy atom. The maximum atomic E-state index is 12.6. The van der Waals surface area contributed by atoms with Gasteiger partial charge in [-0.1, -0.05) is 0 Å². The molecule has 0 bridgehead atoms. The molecule has 2 unspecified atom stereocenters. The van der Waals surface area contributed by atoms with E-state index in [9.17, 15) is 9.90 Å². The van der Waals surface area contributed by atoms with Gasteiger partial charge < -0.3 is 19.6 Å². The third-order valence-corrected chi connectivity index (χ3v) is 4.90. The maximum absolute atomic E-state index is 12.6. The first-order valence-electron chi connectivity index (χ1n) is 7.17. The van der Waals surface area contributed by atoms with Crippen molar-refractivity contribution in [3.05, 3.63) is 21.9 Å². The molecule has 0 saturated carbocycles. The molecule has 1 aromatic heterocycles. The molecule has 1 saturated heterocycles. The zero-order chi connectivity index (χ0) is 15.4. The molecule has 2 rings (SSSR count). The van der Waals surface area contributed by atoms with Crippen LogP contribution in [0, 0.1) is 11.8 Å². The van der Waals surface area contributed by atoms with Crippen LogP contribution in [0.2, 0.25) is 0 Å². The smallest absolute Gasteiger partial charge is 0.263 e. The lowest BCUT2D eigenvalue weighted by Crippen LogP contribution is -2.30. The second-order valence-electron chi connectivity index (χ2n) is 5.87. The van der Waals surface area contributed by atoms with Gasteiger partial charge in [-0.2, -0.15) is 0 Å². The molecule has 1 N–H and O–H groups in total. The van der Waals surface area contributed by atoms with Gasteiger partial charge in [-0.15, -0.1) is 11.3 Å². The average Bonchev–Trinajstić information content (AvgIpc) is 3.04. The molecular formula is C15H24N2O3S. The summed E-state index contributed by atoms with van der Waals surface area (Å²) in [7, 11) is 5.70. The summed E-state index contributed by atoms with van der Waals surface area (Å²) in [6, 6.07) is 3.81. The fourth-order valence-electron chi connectivity index (χ4n) is 2.86. The number of methoxy groups -OCH3 is 1. The van der Waals surface area contributed by atoms with E-state index in [2.05, 4.69) is 4.90 Å². The van der Waals surface area contributed by atoms with Gasteiger partial charge in [0.15, 0.2) is 0 Å². The molecule has 0 aromatic carbocycles. The Labute approximate surface area is 130 Å². The molecule has 1 amide bonds. The van der Waals surface area contributed by atoms with Crippen molar-refractivity contribution in [2.24, 2.45) is 11.8 Å². The second-order valence-corrected chi connectivity index (χ2v) is 7.04. The van der Waals surface area contributed by atoms with Crippen molar-refractivity contribution in [1.29, 1.82) is 0 Å². The van der Waals surface area contributed by atoms with Gasteiger partial charge in [-0.3, -0.25) is 4.79 Å². The van der Waals surface area contributed by atoms with E-state index in [-0.39, 0.29) is 18.4 Å². The molecule has 1 aliphatic heterocycles. The Balaban J connectivity index is 2.02. The lowest BCUT2D eigenvalue weighted by molar-refractivity contribution is 0.0784. The molecule has 0 spiro atoms. The van der Waals surface area contributed by atoms with E-state index in [1.807, 2.05) is 31.1 Å². The number of aliphatic hydroxyl groups is 1. The van der Waals surface area contributed by atoms with Crippen LogP contribution in [-0.4, -0.2) is 68.3 Å². The van der Waals surface area contributed by atoms with Crippen LogP contribution in [0.5, 0.6) is 0 Å². The number of rotatable bonds is 6. The largest absolute Gasteiger partial charge is 0.396 e. The molecule has 118 valence electrons. The van der Waals surface area contributed by atoms with Gasteiger partial charge in [0.2, 0.25) is 0 Å². The number of thiophene rings is 1. The summed E-state index contributed by atoms with van der Waals surface area (Å²) < 4.78 is 5.09. The van der Waals surface area contributed by atoms with Crippen molar-refractivity contribution >= 4 is 17.2 Å². The van der Waals surface area contributed by atoms with Crippen molar-refractivity contribution in [2.75, 3.05) is 47.4 Å². The lowest BCUT2D eigenvalue weighted by Gasteiger charge is -2.20. The van der Waals surface area contributed by atoms with Crippen LogP contribution in [0.1, 0.15) is 14.5 Å². The van der Waals surface area contributed by atoms with E-state index < -0.39 is 0 Å². The van der Waals surface area contributed by atoms with Gasteiger partial charge in [-0.05, 0) is 32.1 Å². The number of amides is 1. The number of hydrogen-bond donors (Lipinski definition) is 1. The zero-order valence-electron chi connectivity index (χ0n) is 12.9. The third-order valence-electron chi connectivity index (χ3n) is 3.86. The van der Waals surface area contributed by atoms with Gasteiger partial charge in [0, 0.05) is 44.1 Å². The first-order chi connectivity index (χ1) is 10.0. The van der Waals surface area contributed by atoms with E-state index in [0.717, 1.165) is 22.8 Å². The van der Waals surface area contributed by atoms with Gasteiger partial charge >= 0.3 is 0 Å². The van der Waals surface area contributed by atoms with Crippen molar-refractivity contribution in [3.8, 4) is 0 Å². The summed E-state index contributed by atoms with van der Waals surface area (Å²) >= 11 is 1.49. The molecule has 5 nitrogen and oxygen atoms in total. The monoisotopic (exact) mass is 312 g/mol. The number of hydrogen-bond acceptors (Lipinski definition) is 5. The molecule has 1 aromatic rings. The van der Waals surface area contributed by atoms with Crippen molar-refractivity contribution < 1.29 is 14.6 Å². The summed E-state index contributed by atoms with van der Waals surface area (Å²) in [5.41, 5.74) is 0. The molecule has 6 heteroatoms. The van der Waals surface area contributed by atoms with Gasteiger partial charge in [0.1, 0.15) is 0 Å². The maximum Gasteiger partial charge on any atom is 0.263 e. The number of carbonyl (C=O) groups excluding carboxylic acids is 1. The summed E-state index contributed by atoms with van der Waals surface area (Å²) in [5.74, 6) is 0.587. The summed E-state index contributed by atoms with van der Waals surface area (Å²) in [6.07, 6.45) is 0. The highest BCUT2D eigenvalue weighted by molar-refractivity contribution is 7.14. The molecule has 2 heterocycles. The fourth-order valence-corrected chi connectivity index (χ4v) is 3.80. The topological polar surface area (TPSA) is 53.0 Å². The number of carbonyl (C=O) groups is 1. The molecule has 21 heavy (non-hydrogen) atoms. The fraction of sp³-hybridized carbons (Fsp3) is 0.667. The zero-order valence-corrected chi connectivity index (χ0v) is 13.7. The molecular weight excluding hydrogens is 288 g/mol. The minimum atomic E-state index is 0.0714. The standard InChI is InChI=1S/C15H24N2O3S/c1-16(2)6-11-7-17(8-12(11)9-18)15(19)14-5-4-13(21-14)10-20-3/h4-5,11-12,18H,6-10H2,1-3H3. The van der Waals surface area contributed by atoms with Gasteiger partial charge in [0.05, 0.1) is 11.5 Å². The minimum absolute atomic E-state index is 0.0714. The van der Waals surface area contributed by atoms with Crippen LogP contribution in [0.25, 0.3) is 0 Å². The highest BCUT2D eigenvalue weighted by Gasteiger charge is 2.35. The predicted molar refractivity (Wildman–Crippen MR) is 83.6 cm³/mol. The molecule has 0 radical (unpaired) electrons. The van der Waals surface area contributed by atoms with Crippen LogP contribution in [0.3, 0.4) is 0 Å². The second kappa shape index (κ2) is 7.35. The van der Waals surface area contributed by atoms with E-state index in [0.29, 0.717) is 19.1 Å². The van der Waals surface area contributed by atoms with E-state index >= 15 is 0 Å². The quantitative estimate of drug-likeness (QED) is 0.856. The number of ether oxygens (including phenoxy) is 1. The Kier molecular flexibility index (Phi) is 5.75. The summed E-state index contributed by atoms with van der Waals surface area (Å²) in [4.78, 5) is 18.4. The third kappa shape index (κ3) is 4.03. The first-order valence-corrected chi connectivity index (χ1v) is 7.99. The van der Waals surface area contributed by atoms with Crippen molar-refractivity contribution in [1.82, 2.24) is 9.80 Å². The van der Waals surface area contributed by atoms with E-state index in [4.69, 9.17) is 4.74 Å². The van der Waals surface area contributed by atoms with E-state index in [1.54, 1.807) is 7.11 Å². The molecule has 1 aliphatic rings. The van der Waals surface area contributed by atoms with E-state index in [1.165, 1.54) is 11.3 Å². The van der Waals surface area contributed by atoms with Crippen LogP contribution in [0.4, 0.5) is 0 Å². The normalized spacial score (nSPS) is 22.2. The average molecular weight is 312 g/mol. The van der Waals surface area contributed by atoms with Crippen LogP contribution in [0.15, 0.2) is 12.1 Å². The number of aliphatic hydroxyl groups excluding tert-OH is 1. The van der Waals surface area contributed by atoms with Crippen LogP contribution >= 0.6 is 11.3 Å². The van der Waals surface area contributed by atoms with Gasteiger partial charge in [0.25, 0.3) is 5.91 Å². The predicted octanol–water partition coefficient (Wildman–Crippen LogP) is 1.14. The van der Waals surface area contributed by atoms with Crippen LogP contribution < -0.4 is 0 Å². The van der Waals surface area contributed by atoms with Crippen LogP contribution in [-0.2, 0) is 11.3 Å². The minimum Gasteiger partial charge on any atom is -0.396 e. The van der Waals surface area contributed by atoms with Gasteiger partial charge in [-0.25, -0.2) is 0 Å². The summed E-state index contributed by atoms with van der Waals surface area (Å²) in [6.45, 7) is 2.95. The Morgan fingerprint density at radius 3 is 2.76 bits per heavy atom. The number of nitrogens with zero attached hydrogens (tertiary/aromatic N) is 2. The SMILES string of the molecule is COCc1ccc(C(=O)N2CC(CO)C(CN(C)C)C2)s1. The Bertz CT molecular complexity index is 475. The Hall–Kier alpha value is -0.950. The van der Waals surface area contributed by atoms with Crippen molar-refractivity contribution in [3.63, 3.8) is 0 Å². The molecule has 1 fully saturated rings. The Morgan fingerprint density at radius 1 is 1.43 bits per heavy atom. The molecule has 0 aliphatic carbocycles. The first kappa shape index (κ1) is 16.4. The highest BCUT2D eigenvalue weighted by atomic mass is 32.1. The highest BCUT2D eigenvalue weighted by Crippen LogP contribution is 2.27. The number of likely N-dealkylation sites (tertiary alicyclic amines) is 1. The summed E-state index contributed by atoms with van der Waals surface area (Å²) in [5, 5.41) is 9.52. The lowest BCUT2D eigenvalue weighted by atomic mass is 9.97.